The molecule has 0 saturated carbocycles. The van der Waals surface area contributed by atoms with Crippen molar-refractivity contribution in [2.75, 3.05) is 6.61 Å². The van der Waals surface area contributed by atoms with Gasteiger partial charge in [-0.2, -0.15) is 0 Å². The maximum atomic E-state index is 10.8. The second-order valence-corrected chi connectivity index (χ2v) is 10.2. The maximum absolute atomic E-state index is 10.8. The topological polar surface area (TPSA) is 52.3 Å². The lowest BCUT2D eigenvalue weighted by Crippen LogP contribution is -2.42. The summed E-state index contributed by atoms with van der Waals surface area (Å²) in [6.07, 6.45) is 0. The fourth-order valence-electron chi connectivity index (χ4n) is 0.632. The molecule has 0 aromatic rings. The second-order valence-electron chi connectivity index (χ2n) is 5.37. The van der Waals surface area contributed by atoms with Crippen LogP contribution in [0, 0.1) is 5.92 Å². The number of amides is 1. The van der Waals surface area contributed by atoms with Gasteiger partial charge >= 0.3 is 0 Å². The van der Waals surface area contributed by atoms with E-state index in [0.717, 1.165) is 0 Å². The van der Waals surface area contributed by atoms with Gasteiger partial charge in [0.15, 0.2) is 8.32 Å². The van der Waals surface area contributed by atoms with Crippen molar-refractivity contribution < 1.29 is 9.22 Å². The fourth-order valence-corrected chi connectivity index (χ4v) is 1.73. The number of hydrogen-bond donors (Lipinski definition) is 1. The summed E-state index contributed by atoms with van der Waals surface area (Å²) < 4.78 is 5.86. The number of carbonyl (C=O) groups is 1. The molecular formula is C10H23NO2Si. The van der Waals surface area contributed by atoms with Crippen molar-refractivity contribution in [2.45, 2.75) is 45.8 Å². The highest BCUT2D eigenvalue weighted by Crippen LogP contribution is 2.36. The highest BCUT2D eigenvalue weighted by atomic mass is 28.4. The molecule has 3 nitrogen and oxygen atoms in total. The molecule has 0 aliphatic heterocycles. The molecule has 0 aliphatic carbocycles. The van der Waals surface area contributed by atoms with Crippen LogP contribution < -0.4 is 5.73 Å². The van der Waals surface area contributed by atoms with Crippen molar-refractivity contribution >= 4 is 14.2 Å². The number of primary amides is 1. The molecule has 0 aromatic heterocycles. The van der Waals surface area contributed by atoms with E-state index in [-0.39, 0.29) is 16.9 Å². The van der Waals surface area contributed by atoms with Crippen LogP contribution in [-0.2, 0) is 9.22 Å². The van der Waals surface area contributed by atoms with E-state index in [1.165, 1.54) is 0 Å². The molecule has 0 aliphatic rings. The van der Waals surface area contributed by atoms with Crippen LogP contribution in [0.5, 0.6) is 0 Å². The molecule has 0 spiro atoms. The molecule has 0 aromatic carbocycles. The average molecular weight is 217 g/mol. The summed E-state index contributed by atoms with van der Waals surface area (Å²) in [5, 5.41) is 0.185. The molecule has 2 N–H and O–H groups in total. The number of rotatable bonds is 4. The Kier molecular flexibility index (Phi) is 4.33. The Bertz CT molecular complexity index is 209. The number of carbonyl (C=O) groups excluding carboxylic acids is 1. The lowest BCUT2D eigenvalue weighted by molar-refractivity contribution is -0.122. The van der Waals surface area contributed by atoms with Crippen LogP contribution in [-0.4, -0.2) is 20.8 Å². The third kappa shape index (κ3) is 3.80. The molecule has 0 heterocycles. The predicted molar refractivity (Wildman–Crippen MR) is 61.5 cm³/mol. The lowest BCUT2D eigenvalue weighted by atomic mass is 10.2. The highest BCUT2D eigenvalue weighted by Gasteiger charge is 2.37. The Morgan fingerprint density at radius 2 is 1.86 bits per heavy atom. The lowest BCUT2D eigenvalue weighted by Gasteiger charge is -2.36. The van der Waals surface area contributed by atoms with Gasteiger partial charge in [-0.3, -0.25) is 4.79 Å². The first-order chi connectivity index (χ1) is 6.08. The van der Waals surface area contributed by atoms with Crippen LogP contribution >= 0.6 is 0 Å². The Labute approximate surface area is 88.1 Å². The van der Waals surface area contributed by atoms with E-state index in [4.69, 9.17) is 10.2 Å². The maximum Gasteiger partial charge on any atom is 0.222 e. The van der Waals surface area contributed by atoms with Crippen LogP contribution in [0.4, 0.5) is 0 Å². The molecule has 0 bridgehead atoms. The first-order valence-electron chi connectivity index (χ1n) is 5.01. The van der Waals surface area contributed by atoms with Gasteiger partial charge in [-0.1, -0.05) is 27.7 Å². The van der Waals surface area contributed by atoms with Crippen molar-refractivity contribution in [3.05, 3.63) is 0 Å². The SMILES string of the molecule is C[C@@H](CO[Si](C)(C)C(C)(C)C)C(N)=O. The minimum absolute atomic E-state index is 0.185. The van der Waals surface area contributed by atoms with E-state index >= 15 is 0 Å². The summed E-state index contributed by atoms with van der Waals surface area (Å²) in [6, 6.07) is 0. The van der Waals surface area contributed by atoms with Gasteiger partial charge in [0.1, 0.15) is 0 Å². The third-order valence-electron chi connectivity index (χ3n) is 2.99. The van der Waals surface area contributed by atoms with Gasteiger partial charge in [0.05, 0.1) is 5.92 Å². The average Bonchev–Trinajstić information content (AvgIpc) is 1.97. The largest absolute Gasteiger partial charge is 0.416 e. The quantitative estimate of drug-likeness (QED) is 0.733. The zero-order valence-corrected chi connectivity index (χ0v) is 11.2. The van der Waals surface area contributed by atoms with Gasteiger partial charge in [-0.05, 0) is 18.1 Å². The normalized spacial score (nSPS) is 15.3. The summed E-state index contributed by atoms with van der Waals surface area (Å²) in [4.78, 5) is 10.8. The van der Waals surface area contributed by atoms with Crippen LogP contribution in [0.2, 0.25) is 18.1 Å². The van der Waals surface area contributed by atoms with Gasteiger partial charge in [0, 0.05) is 6.61 Å². The second kappa shape index (κ2) is 4.44. The van der Waals surface area contributed by atoms with Gasteiger partial charge in [-0.15, -0.1) is 0 Å². The van der Waals surface area contributed by atoms with E-state index in [0.29, 0.717) is 6.61 Å². The predicted octanol–water partition coefficient (Wildman–Crippen LogP) is 2.13. The Hall–Kier alpha value is -0.353. The van der Waals surface area contributed by atoms with Gasteiger partial charge in [0.25, 0.3) is 0 Å². The summed E-state index contributed by atoms with van der Waals surface area (Å²) in [5.41, 5.74) is 5.17. The molecule has 0 fully saturated rings. The summed E-state index contributed by atoms with van der Waals surface area (Å²) >= 11 is 0. The van der Waals surface area contributed by atoms with Crippen molar-refractivity contribution in [1.29, 1.82) is 0 Å². The van der Waals surface area contributed by atoms with E-state index < -0.39 is 8.32 Å². The van der Waals surface area contributed by atoms with Crippen molar-refractivity contribution in [1.82, 2.24) is 0 Å². The molecule has 84 valence electrons. The molecule has 14 heavy (non-hydrogen) atoms. The molecule has 1 atom stereocenters. The number of nitrogens with two attached hydrogens (primary N) is 1. The first-order valence-corrected chi connectivity index (χ1v) is 7.92. The van der Waals surface area contributed by atoms with Crippen LogP contribution in [0.15, 0.2) is 0 Å². The van der Waals surface area contributed by atoms with Crippen molar-refractivity contribution in [3.63, 3.8) is 0 Å². The zero-order chi connectivity index (χ0) is 11.6. The standard InChI is InChI=1S/C10H23NO2Si/c1-8(9(11)12)7-13-14(5,6)10(2,3)4/h8H,7H2,1-6H3,(H2,11,12)/t8-/m0/s1. The summed E-state index contributed by atoms with van der Waals surface area (Å²) in [7, 11) is -1.72. The van der Waals surface area contributed by atoms with E-state index in [1.54, 1.807) is 6.92 Å². The van der Waals surface area contributed by atoms with Crippen molar-refractivity contribution in [3.8, 4) is 0 Å². The fraction of sp³-hybridized carbons (Fsp3) is 0.900. The molecule has 0 rings (SSSR count). The van der Waals surface area contributed by atoms with Crippen LogP contribution in [0.1, 0.15) is 27.7 Å². The monoisotopic (exact) mass is 217 g/mol. The van der Waals surface area contributed by atoms with Crippen LogP contribution in [0.3, 0.4) is 0 Å². The number of hydrogen-bond acceptors (Lipinski definition) is 2. The summed E-state index contributed by atoms with van der Waals surface area (Å²) in [5.74, 6) is -0.479. The third-order valence-corrected chi connectivity index (χ3v) is 7.49. The zero-order valence-electron chi connectivity index (χ0n) is 10.2. The van der Waals surface area contributed by atoms with Gasteiger partial charge < -0.3 is 10.2 Å². The molecule has 4 heteroatoms. The molecule has 1 amide bonds. The van der Waals surface area contributed by atoms with Crippen molar-refractivity contribution in [2.24, 2.45) is 11.7 Å². The summed E-state index contributed by atoms with van der Waals surface area (Å²) in [6.45, 7) is 13.1. The van der Waals surface area contributed by atoms with Gasteiger partial charge in [-0.25, -0.2) is 0 Å². The molecular weight excluding hydrogens is 194 g/mol. The van der Waals surface area contributed by atoms with E-state index in [1.807, 2.05) is 0 Å². The molecule has 0 unspecified atom stereocenters. The molecule has 0 saturated heterocycles. The van der Waals surface area contributed by atoms with Gasteiger partial charge in [0.2, 0.25) is 5.91 Å². The highest BCUT2D eigenvalue weighted by molar-refractivity contribution is 6.74. The van der Waals surface area contributed by atoms with E-state index in [2.05, 4.69) is 33.9 Å². The van der Waals surface area contributed by atoms with E-state index in [9.17, 15) is 4.79 Å². The first kappa shape index (κ1) is 13.6. The molecule has 0 radical (unpaired) electrons. The Balaban J connectivity index is 4.20. The smallest absolute Gasteiger partial charge is 0.222 e. The Morgan fingerprint density at radius 1 is 1.43 bits per heavy atom. The minimum Gasteiger partial charge on any atom is -0.416 e. The van der Waals surface area contributed by atoms with Crippen LogP contribution in [0.25, 0.3) is 0 Å². The Morgan fingerprint density at radius 3 is 2.14 bits per heavy atom. The minimum atomic E-state index is -1.72.